The third kappa shape index (κ3) is 5.18. The van der Waals surface area contributed by atoms with Gasteiger partial charge in [-0.05, 0) is 42.5 Å². The van der Waals surface area contributed by atoms with E-state index in [2.05, 4.69) is 10.5 Å². The van der Waals surface area contributed by atoms with Crippen molar-refractivity contribution in [2.45, 2.75) is 6.18 Å². The first-order chi connectivity index (χ1) is 14.3. The van der Waals surface area contributed by atoms with Crippen molar-refractivity contribution in [3.8, 4) is 0 Å². The highest BCUT2D eigenvalue weighted by molar-refractivity contribution is 6.49. The summed E-state index contributed by atoms with van der Waals surface area (Å²) in [4.78, 5) is 14.4. The van der Waals surface area contributed by atoms with Crippen LogP contribution in [-0.4, -0.2) is 18.7 Å². The average molecular weight is 432 g/mol. The van der Waals surface area contributed by atoms with E-state index in [-0.39, 0.29) is 11.5 Å². The van der Waals surface area contributed by atoms with Crippen molar-refractivity contribution in [2.75, 3.05) is 17.4 Å². The number of benzene rings is 3. The molecule has 0 aliphatic heterocycles. The van der Waals surface area contributed by atoms with E-state index in [1.54, 1.807) is 54.6 Å². The minimum absolute atomic E-state index is 0.0736. The van der Waals surface area contributed by atoms with Gasteiger partial charge in [0.05, 0.1) is 11.3 Å². The Kier molecular flexibility index (Phi) is 6.42. The maximum atomic E-state index is 13.1. The van der Waals surface area contributed by atoms with Gasteiger partial charge in [0.1, 0.15) is 0 Å². The number of amidine groups is 1. The summed E-state index contributed by atoms with van der Waals surface area (Å²) >= 11 is 5.87. The Morgan fingerprint density at radius 1 is 0.967 bits per heavy atom. The van der Waals surface area contributed by atoms with Crippen LogP contribution in [0.3, 0.4) is 0 Å². The molecule has 0 spiro atoms. The molecule has 0 unspecified atom stereocenters. The van der Waals surface area contributed by atoms with E-state index in [1.807, 2.05) is 0 Å². The van der Waals surface area contributed by atoms with Crippen LogP contribution in [0.1, 0.15) is 15.9 Å². The largest absolute Gasteiger partial charge is 0.416 e. The van der Waals surface area contributed by atoms with Gasteiger partial charge in [-0.15, -0.1) is 0 Å². The molecule has 0 atom stereocenters. The molecule has 4 nitrogen and oxygen atoms in total. The van der Waals surface area contributed by atoms with Crippen LogP contribution in [-0.2, 0) is 6.18 Å². The van der Waals surface area contributed by atoms with Crippen LogP contribution < -0.4 is 10.3 Å². The Balaban J connectivity index is 1.99. The molecule has 0 saturated heterocycles. The van der Waals surface area contributed by atoms with Crippen LogP contribution in [0.2, 0.25) is 5.02 Å². The molecule has 0 aliphatic rings. The molecule has 0 amide bonds. The van der Waals surface area contributed by atoms with Gasteiger partial charge in [0.15, 0.2) is 0 Å². The number of Topliss-reactive ketones (excluding diaryl/α,β-unsaturated/α-hetero) is 1. The molecule has 0 saturated carbocycles. The summed E-state index contributed by atoms with van der Waals surface area (Å²) in [5, 5.41) is 4.72. The van der Waals surface area contributed by atoms with Crippen molar-refractivity contribution >= 4 is 34.6 Å². The Labute approximate surface area is 176 Å². The van der Waals surface area contributed by atoms with Crippen LogP contribution in [0.5, 0.6) is 0 Å². The molecule has 0 heterocycles. The van der Waals surface area contributed by atoms with Gasteiger partial charge in [0, 0.05) is 23.3 Å². The number of nitrogens with zero attached hydrogens (tertiary/aromatic N) is 2. The van der Waals surface area contributed by atoms with E-state index in [4.69, 9.17) is 11.6 Å². The molecule has 1 N–H and O–H groups in total. The summed E-state index contributed by atoms with van der Waals surface area (Å²) in [7, 11) is 1.48. The molecule has 30 heavy (non-hydrogen) atoms. The Bertz CT molecular complexity index is 1050. The number of ketones is 1. The second-order valence-electron chi connectivity index (χ2n) is 6.36. The fraction of sp³-hybridized carbons (Fsp3) is 0.0909. The molecule has 0 aromatic heterocycles. The van der Waals surface area contributed by atoms with Gasteiger partial charge in [-0.1, -0.05) is 48.0 Å². The summed E-state index contributed by atoms with van der Waals surface area (Å²) in [6.45, 7) is 0. The molecule has 0 fully saturated rings. The first-order valence-electron chi connectivity index (χ1n) is 8.86. The van der Waals surface area contributed by atoms with Crippen molar-refractivity contribution in [3.05, 3.63) is 95.0 Å². The predicted molar refractivity (Wildman–Crippen MR) is 113 cm³/mol. The Morgan fingerprint density at radius 3 is 2.27 bits per heavy atom. The molecule has 3 aromatic carbocycles. The van der Waals surface area contributed by atoms with E-state index in [0.717, 1.165) is 12.1 Å². The minimum Gasteiger partial charge on any atom is -0.325 e. The molecule has 0 radical (unpaired) electrons. The van der Waals surface area contributed by atoms with Crippen molar-refractivity contribution in [2.24, 2.45) is 5.10 Å². The molecule has 0 aliphatic carbocycles. The van der Waals surface area contributed by atoms with Crippen molar-refractivity contribution in [1.82, 2.24) is 0 Å². The number of anilines is 2. The van der Waals surface area contributed by atoms with Crippen LogP contribution >= 0.6 is 11.6 Å². The van der Waals surface area contributed by atoms with Gasteiger partial charge < -0.3 is 4.90 Å². The standard InChI is InChI=1S/C22H17ClF3N3O/c1-29(19-9-5-8-16(14-19)22(24,25)26)21(20(30)15-6-3-2-4-7-15)28-27-18-12-10-17(23)11-13-18/h2-14,27H,1H3. The van der Waals surface area contributed by atoms with Crippen LogP contribution in [0.4, 0.5) is 24.5 Å². The minimum atomic E-state index is -4.50. The van der Waals surface area contributed by atoms with Gasteiger partial charge in [-0.3, -0.25) is 10.2 Å². The highest BCUT2D eigenvalue weighted by atomic mass is 35.5. The summed E-state index contributed by atoms with van der Waals surface area (Å²) < 4.78 is 39.4. The maximum absolute atomic E-state index is 13.1. The summed E-state index contributed by atoms with van der Waals surface area (Å²) in [6, 6.07) is 19.7. The molecular formula is C22H17ClF3N3O. The summed E-state index contributed by atoms with van der Waals surface area (Å²) in [6.07, 6.45) is -4.50. The zero-order valence-corrected chi connectivity index (χ0v) is 16.6. The second-order valence-corrected chi connectivity index (χ2v) is 6.79. The number of nitrogens with one attached hydrogen (secondary N) is 1. The molecule has 3 rings (SSSR count). The Morgan fingerprint density at radius 2 is 1.63 bits per heavy atom. The fourth-order valence-electron chi connectivity index (χ4n) is 2.65. The number of rotatable bonds is 5. The van der Waals surface area contributed by atoms with Gasteiger partial charge >= 0.3 is 6.18 Å². The Hall–Kier alpha value is -3.32. The van der Waals surface area contributed by atoms with Gasteiger partial charge in [-0.2, -0.15) is 18.3 Å². The maximum Gasteiger partial charge on any atom is 0.416 e. The highest BCUT2D eigenvalue weighted by Crippen LogP contribution is 2.31. The van der Waals surface area contributed by atoms with Crippen molar-refractivity contribution in [1.29, 1.82) is 0 Å². The van der Waals surface area contributed by atoms with Crippen LogP contribution in [0.15, 0.2) is 84.0 Å². The lowest BCUT2D eigenvalue weighted by Gasteiger charge is -2.22. The number of carbonyl (C=O) groups excluding carboxylic acids is 1. The third-order valence-electron chi connectivity index (χ3n) is 4.25. The van der Waals surface area contributed by atoms with Gasteiger partial charge in [-0.25, -0.2) is 0 Å². The summed E-state index contributed by atoms with van der Waals surface area (Å²) in [5.74, 6) is -0.521. The number of halogens is 4. The van der Waals surface area contributed by atoms with Crippen molar-refractivity contribution in [3.63, 3.8) is 0 Å². The number of hydrogen-bond acceptors (Lipinski definition) is 3. The van der Waals surface area contributed by atoms with Gasteiger partial charge in [0.2, 0.25) is 11.6 Å². The number of carbonyl (C=O) groups is 1. The number of hydrogen-bond donors (Lipinski definition) is 1. The lowest BCUT2D eigenvalue weighted by molar-refractivity contribution is -0.137. The van der Waals surface area contributed by atoms with Crippen LogP contribution in [0.25, 0.3) is 0 Å². The van der Waals surface area contributed by atoms with Crippen LogP contribution in [0, 0.1) is 0 Å². The van der Waals surface area contributed by atoms with E-state index >= 15 is 0 Å². The van der Waals surface area contributed by atoms with E-state index < -0.39 is 17.5 Å². The van der Waals surface area contributed by atoms with Gasteiger partial charge in [0.25, 0.3) is 0 Å². The SMILES string of the molecule is CN(C(=NNc1ccc(Cl)cc1)C(=O)c1ccccc1)c1cccc(C(F)(F)F)c1. The topological polar surface area (TPSA) is 44.7 Å². The van der Waals surface area contributed by atoms with E-state index in [9.17, 15) is 18.0 Å². The number of likely N-dealkylation sites (N-methyl/N-ethyl adjacent to an activating group) is 1. The molecular weight excluding hydrogens is 415 g/mol. The molecule has 154 valence electrons. The van der Waals surface area contributed by atoms with E-state index in [0.29, 0.717) is 16.3 Å². The predicted octanol–water partition coefficient (Wildman–Crippen LogP) is 6.10. The quantitative estimate of drug-likeness (QED) is 0.229. The lowest BCUT2D eigenvalue weighted by Crippen LogP contribution is -2.34. The average Bonchev–Trinajstić information content (AvgIpc) is 2.75. The third-order valence-corrected chi connectivity index (χ3v) is 4.50. The van der Waals surface area contributed by atoms with Crippen molar-refractivity contribution < 1.29 is 18.0 Å². The zero-order chi connectivity index (χ0) is 21.7. The molecule has 0 bridgehead atoms. The zero-order valence-electron chi connectivity index (χ0n) is 15.8. The molecule has 3 aromatic rings. The first kappa shape index (κ1) is 21.4. The summed E-state index contributed by atoms with van der Waals surface area (Å²) in [5.41, 5.74) is 3.04. The normalized spacial score (nSPS) is 11.8. The second kappa shape index (κ2) is 9.00. The lowest BCUT2D eigenvalue weighted by atomic mass is 10.1. The monoisotopic (exact) mass is 431 g/mol. The molecule has 8 heteroatoms. The number of alkyl halides is 3. The smallest absolute Gasteiger partial charge is 0.325 e. The fourth-order valence-corrected chi connectivity index (χ4v) is 2.78. The number of hydrazone groups is 1. The highest BCUT2D eigenvalue weighted by Gasteiger charge is 2.31. The first-order valence-corrected chi connectivity index (χ1v) is 9.23. The van der Waals surface area contributed by atoms with E-state index in [1.165, 1.54) is 24.1 Å².